The largest absolute Gasteiger partial charge is 0.303 e. The lowest BCUT2D eigenvalue weighted by molar-refractivity contribution is 0.489. The molecule has 0 spiro atoms. The summed E-state index contributed by atoms with van der Waals surface area (Å²) in [4.78, 5) is 0. The smallest absolute Gasteiger partial charge is 0.0713 e. The Balaban J connectivity index is 2.72. The summed E-state index contributed by atoms with van der Waals surface area (Å²) in [6, 6.07) is 9.49. The van der Waals surface area contributed by atoms with Crippen molar-refractivity contribution in [1.29, 1.82) is 0 Å². The molecule has 0 saturated carbocycles. The van der Waals surface area contributed by atoms with Gasteiger partial charge in [0.05, 0.1) is 6.00 Å². The SMILES string of the molecule is CC(C)Cc1ccc(C(C)(C)CNCCl)cc1. The van der Waals surface area contributed by atoms with E-state index >= 15 is 0 Å². The standard InChI is InChI=1S/C15H24ClN/c1-12(2)9-13-5-7-14(8-6-13)15(3,4)10-17-11-16/h5-8,12,17H,9-11H2,1-4H3. The van der Waals surface area contributed by atoms with Gasteiger partial charge in [0, 0.05) is 12.0 Å². The molecule has 0 saturated heterocycles. The second-order valence-corrected chi connectivity index (χ2v) is 6.01. The third-order valence-electron chi connectivity index (χ3n) is 3.04. The summed E-state index contributed by atoms with van der Waals surface area (Å²) >= 11 is 5.67. The van der Waals surface area contributed by atoms with Gasteiger partial charge in [0.15, 0.2) is 0 Å². The first-order chi connectivity index (χ1) is 7.95. The van der Waals surface area contributed by atoms with Crippen molar-refractivity contribution in [2.75, 3.05) is 12.5 Å². The summed E-state index contributed by atoms with van der Waals surface area (Å²) in [7, 11) is 0. The van der Waals surface area contributed by atoms with Crippen molar-refractivity contribution < 1.29 is 0 Å². The van der Waals surface area contributed by atoms with Gasteiger partial charge in [0.25, 0.3) is 0 Å². The average Bonchev–Trinajstić information content (AvgIpc) is 2.26. The molecule has 0 aromatic heterocycles. The van der Waals surface area contributed by atoms with E-state index in [1.165, 1.54) is 11.1 Å². The van der Waals surface area contributed by atoms with Crippen molar-refractivity contribution in [2.24, 2.45) is 5.92 Å². The van der Waals surface area contributed by atoms with Gasteiger partial charge in [-0.1, -0.05) is 52.0 Å². The second kappa shape index (κ2) is 6.42. The van der Waals surface area contributed by atoms with Crippen molar-refractivity contribution in [3.05, 3.63) is 35.4 Å². The highest BCUT2D eigenvalue weighted by atomic mass is 35.5. The molecule has 0 aliphatic heterocycles. The molecule has 1 nitrogen and oxygen atoms in total. The van der Waals surface area contributed by atoms with E-state index in [1.54, 1.807) is 0 Å². The van der Waals surface area contributed by atoms with Crippen LogP contribution in [0.25, 0.3) is 0 Å². The van der Waals surface area contributed by atoms with Crippen LogP contribution in [0.1, 0.15) is 38.8 Å². The molecule has 0 radical (unpaired) electrons. The van der Waals surface area contributed by atoms with Gasteiger partial charge in [0.1, 0.15) is 0 Å². The van der Waals surface area contributed by atoms with E-state index in [-0.39, 0.29) is 5.41 Å². The fourth-order valence-corrected chi connectivity index (χ4v) is 2.12. The van der Waals surface area contributed by atoms with Crippen LogP contribution in [0.2, 0.25) is 0 Å². The Kier molecular flexibility index (Phi) is 5.48. The minimum Gasteiger partial charge on any atom is -0.303 e. The van der Waals surface area contributed by atoms with Gasteiger partial charge in [0.2, 0.25) is 0 Å². The lowest BCUT2D eigenvalue weighted by Gasteiger charge is -2.25. The third kappa shape index (κ3) is 4.69. The number of alkyl halides is 1. The summed E-state index contributed by atoms with van der Waals surface area (Å²) in [5.74, 6) is 0.715. The number of hydrogen-bond donors (Lipinski definition) is 1. The molecule has 0 amide bonds. The normalized spacial score (nSPS) is 12.1. The molecule has 0 bridgehead atoms. The average molecular weight is 254 g/mol. The number of rotatable bonds is 6. The summed E-state index contributed by atoms with van der Waals surface area (Å²) in [5.41, 5.74) is 2.91. The zero-order valence-electron chi connectivity index (χ0n) is 11.4. The van der Waals surface area contributed by atoms with E-state index in [0.717, 1.165) is 13.0 Å². The second-order valence-electron chi connectivity index (χ2n) is 5.74. The molecular formula is C15H24ClN. The van der Waals surface area contributed by atoms with Crippen LogP contribution in [-0.4, -0.2) is 12.5 Å². The van der Waals surface area contributed by atoms with Crippen molar-refractivity contribution in [3.8, 4) is 0 Å². The predicted molar refractivity (Wildman–Crippen MR) is 76.7 cm³/mol. The van der Waals surface area contributed by atoms with Gasteiger partial charge in [-0.25, -0.2) is 0 Å². The van der Waals surface area contributed by atoms with Crippen LogP contribution in [0.15, 0.2) is 24.3 Å². The van der Waals surface area contributed by atoms with Gasteiger partial charge < -0.3 is 5.32 Å². The Morgan fingerprint density at radius 2 is 1.76 bits per heavy atom. The lowest BCUT2D eigenvalue weighted by Crippen LogP contribution is -2.32. The van der Waals surface area contributed by atoms with Crippen molar-refractivity contribution in [3.63, 3.8) is 0 Å². The zero-order valence-corrected chi connectivity index (χ0v) is 12.1. The highest BCUT2D eigenvalue weighted by molar-refractivity contribution is 6.17. The molecule has 0 atom stereocenters. The highest BCUT2D eigenvalue weighted by Gasteiger charge is 2.19. The van der Waals surface area contributed by atoms with Crippen LogP contribution in [0, 0.1) is 5.92 Å². The molecule has 96 valence electrons. The molecule has 0 aliphatic rings. The maximum absolute atomic E-state index is 5.67. The molecule has 2 heteroatoms. The fourth-order valence-electron chi connectivity index (χ4n) is 2.03. The van der Waals surface area contributed by atoms with Gasteiger partial charge in [-0.15, -0.1) is 11.6 Å². The monoisotopic (exact) mass is 253 g/mol. The van der Waals surface area contributed by atoms with Crippen LogP contribution in [-0.2, 0) is 11.8 Å². The topological polar surface area (TPSA) is 12.0 Å². The summed E-state index contributed by atoms with van der Waals surface area (Å²) in [6.45, 7) is 9.89. The molecule has 1 N–H and O–H groups in total. The van der Waals surface area contributed by atoms with Crippen LogP contribution >= 0.6 is 11.6 Å². The van der Waals surface area contributed by atoms with E-state index in [0.29, 0.717) is 11.9 Å². The molecular weight excluding hydrogens is 230 g/mol. The minimum absolute atomic E-state index is 0.130. The van der Waals surface area contributed by atoms with Gasteiger partial charge >= 0.3 is 0 Å². The van der Waals surface area contributed by atoms with E-state index in [1.807, 2.05) is 0 Å². The minimum atomic E-state index is 0.130. The van der Waals surface area contributed by atoms with Gasteiger partial charge in [-0.3, -0.25) is 0 Å². The lowest BCUT2D eigenvalue weighted by atomic mass is 9.84. The molecule has 1 aromatic rings. The summed E-state index contributed by atoms with van der Waals surface area (Å²) in [5, 5.41) is 3.20. The first-order valence-electron chi connectivity index (χ1n) is 6.32. The summed E-state index contributed by atoms with van der Waals surface area (Å²) in [6.07, 6.45) is 1.15. The highest BCUT2D eigenvalue weighted by Crippen LogP contribution is 2.23. The quantitative estimate of drug-likeness (QED) is 0.598. The Labute approximate surface area is 111 Å². The van der Waals surface area contributed by atoms with Crippen LogP contribution in [0.4, 0.5) is 0 Å². The summed E-state index contributed by atoms with van der Waals surface area (Å²) < 4.78 is 0. The third-order valence-corrected chi connectivity index (χ3v) is 3.23. The molecule has 0 unspecified atom stereocenters. The Morgan fingerprint density at radius 3 is 2.24 bits per heavy atom. The fraction of sp³-hybridized carbons (Fsp3) is 0.600. The van der Waals surface area contributed by atoms with Gasteiger partial charge in [-0.2, -0.15) is 0 Å². The number of nitrogens with one attached hydrogen (secondary N) is 1. The van der Waals surface area contributed by atoms with Crippen LogP contribution < -0.4 is 5.32 Å². The molecule has 1 aromatic carbocycles. The van der Waals surface area contributed by atoms with Crippen LogP contribution in [0.5, 0.6) is 0 Å². The number of halogens is 1. The van der Waals surface area contributed by atoms with Crippen molar-refractivity contribution in [2.45, 2.75) is 39.5 Å². The van der Waals surface area contributed by atoms with E-state index in [9.17, 15) is 0 Å². The molecule has 0 fully saturated rings. The Morgan fingerprint density at radius 1 is 1.18 bits per heavy atom. The maximum atomic E-state index is 5.67. The van der Waals surface area contributed by atoms with Crippen LogP contribution in [0.3, 0.4) is 0 Å². The van der Waals surface area contributed by atoms with E-state index in [4.69, 9.17) is 11.6 Å². The van der Waals surface area contributed by atoms with Gasteiger partial charge in [-0.05, 0) is 23.5 Å². The molecule has 0 heterocycles. The zero-order chi connectivity index (χ0) is 12.9. The Hall–Kier alpha value is -0.530. The molecule has 0 aliphatic carbocycles. The predicted octanol–water partition coefficient (Wildman–Crippen LogP) is 3.95. The Bertz CT molecular complexity index is 327. The maximum Gasteiger partial charge on any atom is 0.0713 e. The van der Waals surface area contributed by atoms with Crippen molar-refractivity contribution >= 4 is 11.6 Å². The molecule has 17 heavy (non-hydrogen) atoms. The number of hydrogen-bond acceptors (Lipinski definition) is 1. The first kappa shape index (κ1) is 14.5. The molecule has 1 rings (SSSR count). The van der Waals surface area contributed by atoms with E-state index < -0.39 is 0 Å². The number of benzene rings is 1. The van der Waals surface area contributed by atoms with E-state index in [2.05, 4.69) is 57.3 Å². The first-order valence-corrected chi connectivity index (χ1v) is 6.85. The van der Waals surface area contributed by atoms with Crippen molar-refractivity contribution in [1.82, 2.24) is 5.32 Å².